The Morgan fingerprint density at radius 2 is 1.96 bits per heavy atom. The number of nitrogens with zero attached hydrogens (tertiary/aromatic N) is 1. The molecule has 1 saturated carbocycles. The molecule has 0 aliphatic heterocycles. The number of hydrogen-bond donors (Lipinski definition) is 2. The Balaban J connectivity index is 1.71. The van der Waals surface area contributed by atoms with Crippen molar-refractivity contribution in [3.63, 3.8) is 0 Å². The number of carbonyl (C=O) groups excluding carboxylic acids is 1. The van der Waals surface area contributed by atoms with Crippen LogP contribution in [0.5, 0.6) is 0 Å². The number of benzene rings is 2. The lowest BCUT2D eigenvalue weighted by Gasteiger charge is -2.34. The zero-order valence-electron chi connectivity index (χ0n) is 16.6. The minimum Gasteiger partial charge on any atom is -0.397 e. The maximum Gasteiger partial charge on any atom is 0.254 e. The van der Waals surface area contributed by atoms with E-state index in [0.29, 0.717) is 18.3 Å². The van der Waals surface area contributed by atoms with Gasteiger partial charge in [-0.25, -0.2) is 0 Å². The first-order chi connectivity index (χ1) is 13.6. The Bertz CT molecular complexity index is 802. The highest BCUT2D eigenvalue weighted by Gasteiger charge is 2.25. The summed E-state index contributed by atoms with van der Waals surface area (Å²) >= 11 is 3.48. The molecule has 1 aliphatic carbocycles. The highest BCUT2D eigenvalue weighted by Crippen LogP contribution is 2.26. The summed E-state index contributed by atoms with van der Waals surface area (Å²) in [4.78, 5) is 15.3. The van der Waals surface area contributed by atoms with Gasteiger partial charge in [-0.3, -0.25) is 4.79 Å². The van der Waals surface area contributed by atoms with Crippen LogP contribution in [0.1, 0.15) is 61.4 Å². The van der Waals surface area contributed by atoms with E-state index >= 15 is 0 Å². The topological polar surface area (TPSA) is 58.4 Å². The lowest BCUT2D eigenvalue weighted by molar-refractivity contribution is 0.0634. The van der Waals surface area contributed by atoms with Gasteiger partial charge in [-0.1, -0.05) is 54.2 Å². The predicted octanol–water partition coefficient (Wildman–Crippen LogP) is 5.83. The SMILES string of the molecule is CCCN(C(=O)c1cccc(CNc2cc(Br)ccc2N)c1)C1CCCCC1. The van der Waals surface area contributed by atoms with Gasteiger partial charge in [0.25, 0.3) is 5.91 Å². The van der Waals surface area contributed by atoms with Crippen LogP contribution in [-0.2, 0) is 6.54 Å². The van der Waals surface area contributed by atoms with E-state index in [2.05, 4.69) is 33.1 Å². The summed E-state index contributed by atoms with van der Waals surface area (Å²) in [6, 6.07) is 14.1. The van der Waals surface area contributed by atoms with E-state index in [-0.39, 0.29) is 5.91 Å². The van der Waals surface area contributed by atoms with Crippen LogP contribution in [0.25, 0.3) is 0 Å². The number of carbonyl (C=O) groups is 1. The molecule has 0 atom stereocenters. The summed E-state index contributed by atoms with van der Waals surface area (Å²) in [6.45, 7) is 3.60. The van der Waals surface area contributed by atoms with E-state index in [1.807, 2.05) is 42.5 Å². The molecule has 0 heterocycles. The molecule has 3 rings (SSSR count). The molecule has 0 bridgehead atoms. The number of amides is 1. The zero-order chi connectivity index (χ0) is 19.9. The average molecular weight is 444 g/mol. The van der Waals surface area contributed by atoms with Crippen LogP contribution in [0.2, 0.25) is 0 Å². The smallest absolute Gasteiger partial charge is 0.254 e. The molecule has 1 aliphatic rings. The van der Waals surface area contributed by atoms with E-state index < -0.39 is 0 Å². The van der Waals surface area contributed by atoms with E-state index in [1.165, 1.54) is 19.3 Å². The van der Waals surface area contributed by atoms with Crippen molar-refractivity contribution in [2.45, 2.75) is 58.0 Å². The minimum atomic E-state index is 0.164. The maximum absolute atomic E-state index is 13.2. The second-order valence-electron chi connectivity index (χ2n) is 7.58. The number of nitrogens with one attached hydrogen (secondary N) is 1. The Morgan fingerprint density at radius 3 is 2.71 bits per heavy atom. The number of anilines is 2. The Hall–Kier alpha value is -2.01. The van der Waals surface area contributed by atoms with Crippen molar-refractivity contribution in [1.29, 1.82) is 0 Å². The summed E-state index contributed by atoms with van der Waals surface area (Å²) in [7, 11) is 0. The second-order valence-corrected chi connectivity index (χ2v) is 8.49. The number of nitrogen functional groups attached to an aromatic ring is 1. The highest BCUT2D eigenvalue weighted by atomic mass is 79.9. The first kappa shape index (κ1) is 20.7. The molecule has 0 saturated heterocycles. The van der Waals surface area contributed by atoms with E-state index in [4.69, 9.17) is 5.73 Å². The van der Waals surface area contributed by atoms with Crippen molar-refractivity contribution in [3.05, 3.63) is 58.1 Å². The molecule has 1 amide bonds. The second kappa shape index (κ2) is 9.97. The van der Waals surface area contributed by atoms with Gasteiger partial charge < -0.3 is 16.0 Å². The third-order valence-electron chi connectivity index (χ3n) is 5.41. The third kappa shape index (κ3) is 5.28. The molecule has 3 N–H and O–H groups in total. The van der Waals surface area contributed by atoms with Crippen molar-refractivity contribution < 1.29 is 4.79 Å². The molecule has 0 radical (unpaired) electrons. The lowest BCUT2D eigenvalue weighted by atomic mass is 9.93. The molecule has 150 valence electrons. The fraction of sp³-hybridized carbons (Fsp3) is 0.435. The van der Waals surface area contributed by atoms with Gasteiger partial charge in [0, 0.05) is 29.2 Å². The quantitative estimate of drug-likeness (QED) is 0.529. The molecular formula is C23H30BrN3O. The molecule has 1 fully saturated rings. The highest BCUT2D eigenvalue weighted by molar-refractivity contribution is 9.10. The van der Waals surface area contributed by atoms with Crippen LogP contribution < -0.4 is 11.1 Å². The molecule has 28 heavy (non-hydrogen) atoms. The molecule has 0 aromatic heterocycles. The average Bonchev–Trinajstić information content (AvgIpc) is 2.73. The molecule has 0 spiro atoms. The Labute approximate surface area is 176 Å². The van der Waals surface area contributed by atoms with Gasteiger partial charge in [0.2, 0.25) is 0 Å². The normalized spacial score (nSPS) is 14.6. The maximum atomic E-state index is 13.2. The number of rotatable bonds is 7. The van der Waals surface area contributed by atoms with Gasteiger partial charge in [0.1, 0.15) is 0 Å². The van der Waals surface area contributed by atoms with Gasteiger partial charge in [-0.15, -0.1) is 0 Å². The van der Waals surface area contributed by atoms with Gasteiger partial charge in [-0.2, -0.15) is 0 Å². The van der Waals surface area contributed by atoms with Crippen molar-refractivity contribution in [2.75, 3.05) is 17.6 Å². The summed E-state index contributed by atoms with van der Waals surface area (Å²) in [5.41, 5.74) is 9.50. The van der Waals surface area contributed by atoms with Crippen LogP contribution in [0.15, 0.2) is 46.9 Å². The standard InChI is InChI=1S/C23H30BrN3O/c1-2-13-27(20-9-4-3-5-10-20)23(28)18-8-6-7-17(14-18)16-26-22-15-19(24)11-12-21(22)25/h6-8,11-12,14-15,20,26H,2-5,9-10,13,16,25H2,1H3. The Kier molecular flexibility index (Phi) is 7.37. The summed E-state index contributed by atoms with van der Waals surface area (Å²) in [5.74, 6) is 0.164. The van der Waals surface area contributed by atoms with Crippen LogP contribution in [0.3, 0.4) is 0 Å². The summed E-state index contributed by atoms with van der Waals surface area (Å²) in [5, 5.41) is 3.37. The molecule has 2 aromatic rings. The zero-order valence-corrected chi connectivity index (χ0v) is 18.2. The van der Waals surface area contributed by atoms with Crippen LogP contribution >= 0.6 is 15.9 Å². The van der Waals surface area contributed by atoms with Crippen molar-refractivity contribution >= 4 is 33.2 Å². The number of halogens is 1. The molecule has 4 nitrogen and oxygen atoms in total. The van der Waals surface area contributed by atoms with E-state index in [0.717, 1.165) is 47.1 Å². The monoisotopic (exact) mass is 443 g/mol. The number of nitrogens with two attached hydrogens (primary N) is 1. The van der Waals surface area contributed by atoms with Gasteiger partial charge in [0.05, 0.1) is 11.4 Å². The minimum absolute atomic E-state index is 0.164. The predicted molar refractivity (Wildman–Crippen MR) is 121 cm³/mol. The summed E-state index contributed by atoms with van der Waals surface area (Å²) in [6.07, 6.45) is 7.02. The fourth-order valence-corrected chi connectivity index (χ4v) is 4.30. The lowest BCUT2D eigenvalue weighted by Crippen LogP contribution is -2.42. The van der Waals surface area contributed by atoms with Crippen LogP contribution in [-0.4, -0.2) is 23.4 Å². The molecule has 2 aromatic carbocycles. The fourth-order valence-electron chi connectivity index (χ4n) is 3.94. The number of hydrogen-bond acceptors (Lipinski definition) is 3. The van der Waals surface area contributed by atoms with Crippen LogP contribution in [0, 0.1) is 0 Å². The van der Waals surface area contributed by atoms with Crippen molar-refractivity contribution in [3.8, 4) is 0 Å². The third-order valence-corrected chi connectivity index (χ3v) is 5.91. The van der Waals surface area contributed by atoms with Crippen molar-refractivity contribution in [2.24, 2.45) is 0 Å². The first-order valence-corrected chi connectivity index (χ1v) is 11.1. The van der Waals surface area contributed by atoms with Gasteiger partial charge in [0.15, 0.2) is 0 Å². The Morgan fingerprint density at radius 1 is 1.18 bits per heavy atom. The first-order valence-electron chi connectivity index (χ1n) is 10.3. The van der Waals surface area contributed by atoms with Crippen molar-refractivity contribution in [1.82, 2.24) is 4.90 Å². The van der Waals surface area contributed by atoms with E-state index in [1.54, 1.807) is 0 Å². The summed E-state index contributed by atoms with van der Waals surface area (Å²) < 4.78 is 0.982. The molecular weight excluding hydrogens is 414 g/mol. The van der Waals surface area contributed by atoms with Gasteiger partial charge >= 0.3 is 0 Å². The largest absolute Gasteiger partial charge is 0.397 e. The van der Waals surface area contributed by atoms with E-state index in [9.17, 15) is 4.79 Å². The molecule has 5 heteroatoms. The van der Waals surface area contributed by atoms with Crippen LogP contribution in [0.4, 0.5) is 11.4 Å². The molecule has 0 unspecified atom stereocenters. The van der Waals surface area contributed by atoms with Gasteiger partial charge in [-0.05, 0) is 55.2 Å².